The molecule has 0 aromatic heterocycles. The molecule has 4 aromatic carbocycles. The molecule has 0 N–H and O–H groups in total. The molecule has 55 heavy (non-hydrogen) atoms. The normalized spacial score (nSPS) is 18.0. The third-order valence-electron chi connectivity index (χ3n) is 10.0. The first-order chi connectivity index (χ1) is 26.9. The predicted octanol–water partition coefficient (Wildman–Crippen LogP) is 8.23. The summed E-state index contributed by atoms with van der Waals surface area (Å²) in [4.78, 5) is 40.3. The molecule has 4 heterocycles. The molecule has 8 rings (SSSR count). The molecule has 0 fully saturated rings. The highest BCUT2D eigenvalue weighted by atomic mass is 127. The van der Waals surface area contributed by atoms with Crippen molar-refractivity contribution < 1.29 is 36.3 Å². The minimum atomic E-state index is -0.205. The first-order valence-corrected chi connectivity index (χ1v) is 18.6. The van der Waals surface area contributed by atoms with Crippen LogP contribution in [0.1, 0.15) is 51.1 Å². The Labute approximate surface area is 332 Å². The van der Waals surface area contributed by atoms with E-state index >= 15 is 0 Å². The Balaban J connectivity index is 0.906. The van der Waals surface area contributed by atoms with E-state index in [1.165, 1.54) is 0 Å². The lowest BCUT2D eigenvalue weighted by atomic mass is 10.0. The zero-order valence-corrected chi connectivity index (χ0v) is 32.5. The molecule has 0 radical (unpaired) electrons. The van der Waals surface area contributed by atoms with Crippen molar-refractivity contribution in [3.05, 3.63) is 107 Å². The largest absolute Gasteiger partial charge is 0.497 e. The van der Waals surface area contributed by atoms with Gasteiger partial charge in [-0.2, -0.15) is 0 Å². The van der Waals surface area contributed by atoms with E-state index in [0.717, 1.165) is 33.8 Å². The molecule has 0 bridgehead atoms. The summed E-state index contributed by atoms with van der Waals surface area (Å²) in [6.07, 6.45) is 9.24. The summed E-state index contributed by atoms with van der Waals surface area (Å²) in [7, 11) is 4.72. The van der Waals surface area contributed by atoms with Crippen molar-refractivity contribution in [1.29, 1.82) is 0 Å². The zero-order valence-electron chi connectivity index (χ0n) is 30.4. The van der Waals surface area contributed by atoms with Crippen molar-refractivity contribution in [2.45, 2.75) is 31.3 Å². The summed E-state index contributed by atoms with van der Waals surface area (Å²) >= 11 is 1.85. The van der Waals surface area contributed by atoms with Gasteiger partial charge in [-0.15, -0.1) is 0 Å². The molecule has 12 nitrogen and oxygen atoms in total. The van der Waals surface area contributed by atoms with Gasteiger partial charge in [0.05, 0.1) is 69.1 Å². The molecule has 280 valence electrons. The number of aliphatic imine (C=N–C) groups is 2. The Morgan fingerprint density at radius 1 is 0.618 bits per heavy atom. The average molecular weight is 853 g/mol. The molecular formula is C42H37IN4O8. The minimum Gasteiger partial charge on any atom is -0.497 e. The standard InChI is InChI=1S/C42H37IN4O8/c1-50-31-9-5-25(6-10-31)27-15-29-21-44-35-19-39(37(51-2)17-33(35)41(48)46(29)23-27)53-13-4-14-54-40-20-36-34(18-38(40)52-3)42(49)47-24-28(16-30(47)22-45-36)26-7-11-32(55-43)12-8-26/h5-12,17-24,29-30H,4,13-16H2,1-3H3. The fourth-order valence-corrected chi connectivity index (χ4v) is 7.38. The Morgan fingerprint density at radius 3 is 1.49 bits per heavy atom. The van der Waals surface area contributed by atoms with Crippen molar-refractivity contribution in [2.24, 2.45) is 9.98 Å². The van der Waals surface area contributed by atoms with Gasteiger partial charge in [0.15, 0.2) is 46.0 Å². The van der Waals surface area contributed by atoms with Gasteiger partial charge in [0.1, 0.15) is 11.5 Å². The monoisotopic (exact) mass is 852 g/mol. The number of carbonyl (C=O) groups excluding carboxylic acids is 2. The molecule has 0 saturated carbocycles. The molecule has 4 aliphatic heterocycles. The van der Waals surface area contributed by atoms with Crippen LogP contribution in [0.2, 0.25) is 0 Å². The molecule has 0 spiro atoms. The second-order valence-corrected chi connectivity index (χ2v) is 13.7. The number of benzene rings is 4. The van der Waals surface area contributed by atoms with Gasteiger partial charge in [0.25, 0.3) is 11.8 Å². The van der Waals surface area contributed by atoms with E-state index in [2.05, 4.69) is 0 Å². The van der Waals surface area contributed by atoms with Crippen molar-refractivity contribution in [1.82, 2.24) is 9.80 Å². The number of hydrogen-bond acceptors (Lipinski definition) is 10. The maximum atomic E-state index is 13.7. The lowest BCUT2D eigenvalue weighted by Crippen LogP contribution is -2.32. The average Bonchev–Trinajstić information content (AvgIpc) is 3.80. The third kappa shape index (κ3) is 7.11. The molecule has 0 aliphatic carbocycles. The second kappa shape index (κ2) is 15.5. The van der Waals surface area contributed by atoms with E-state index in [4.69, 9.17) is 36.7 Å². The number of amides is 2. The SMILES string of the molecule is COc1ccc(C2=CN3C(=O)c4cc(OC)c(OCCCOc5cc6c(cc5OC)C(=O)N5C=C(c7ccc(OI)cc7)CC5C=N6)cc4N=CC3C2)cc1. The van der Waals surface area contributed by atoms with Gasteiger partial charge < -0.3 is 36.6 Å². The van der Waals surface area contributed by atoms with Crippen LogP contribution in [-0.4, -0.2) is 80.7 Å². The van der Waals surface area contributed by atoms with Gasteiger partial charge >= 0.3 is 0 Å². The first-order valence-electron chi connectivity index (χ1n) is 17.8. The van der Waals surface area contributed by atoms with E-state index in [9.17, 15) is 9.59 Å². The number of ether oxygens (including phenoxy) is 5. The highest BCUT2D eigenvalue weighted by Gasteiger charge is 2.35. The van der Waals surface area contributed by atoms with Crippen LogP contribution in [0.3, 0.4) is 0 Å². The van der Waals surface area contributed by atoms with Crippen LogP contribution in [0.15, 0.2) is 95.2 Å². The fourth-order valence-electron chi connectivity index (χ4n) is 7.09. The third-order valence-corrected chi connectivity index (χ3v) is 10.5. The van der Waals surface area contributed by atoms with Crippen LogP contribution < -0.4 is 26.8 Å². The quantitative estimate of drug-likeness (QED) is 0.103. The summed E-state index contributed by atoms with van der Waals surface area (Å²) in [6.45, 7) is 0.608. The van der Waals surface area contributed by atoms with Crippen molar-refractivity contribution >= 4 is 69.8 Å². The lowest BCUT2D eigenvalue weighted by Gasteiger charge is -2.19. The van der Waals surface area contributed by atoms with Gasteiger partial charge in [-0.1, -0.05) is 24.3 Å². The van der Waals surface area contributed by atoms with Crippen molar-refractivity contribution in [3.63, 3.8) is 0 Å². The van der Waals surface area contributed by atoms with Crippen LogP contribution in [0.25, 0.3) is 11.1 Å². The van der Waals surface area contributed by atoms with Gasteiger partial charge in [0, 0.05) is 56.2 Å². The number of halogens is 1. The number of rotatable bonds is 12. The number of hydrogen-bond donors (Lipinski definition) is 0. The molecule has 2 atom stereocenters. The zero-order chi connectivity index (χ0) is 38.1. The smallest absolute Gasteiger partial charge is 0.260 e. The van der Waals surface area contributed by atoms with Gasteiger partial charge in [0.2, 0.25) is 0 Å². The molecule has 2 amide bonds. The highest BCUT2D eigenvalue weighted by Crippen LogP contribution is 2.42. The van der Waals surface area contributed by atoms with E-state index in [1.807, 2.05) is 96.4 Å². The summed E-state index contributed by atoms with van der Waals surface area (Å²) < 4.78 is 34.1. The molecule has 2 unspecified atom stereocenters. The number of nitrogens with zero attached hydrogens (tertiary/aromatic N) is 4. The Hall–Kier alpha value is -5.83. The minimum absolute atomic E-state index is 0.157. The van der Waals surface area contributed by atoms with Crippen LogP contribution in [0.5, 0.6) is 34.5 Å². The second-order valence-electron chi connectivity index (χ2n) is 13.3. The molecule has 4 aromatic rings. The summed E-state index contributed by atoms with van der Waals surface area (Å²) in [6, 6.07) is 22.0. The van der Waals surface area contributed by atoms with E-state index < -0.39 is 0 Å². The molecule has 0 saturated heterocycles. The maximum Gasteiger partial charge on any atom is 0.260 e. The first kappa shape index (κ1) is 36.2. The van der Waals surface area contributed by atoms with Crippen LogP contribution in [0, 0.1) is 0 Å². The Kier molecular flexibility index (Phi) is 10.2. The maximum absolute atomic E-state index is 13.7. The number of methoxy groups -OCH3 is 3. The van der Waals surface area contributed by atoms with Crippen molar-refractivity contribution in [3.8, 4) is 34.5 Å². The van der Waals surface area contributed by atoms with Gasteiger partial charge in [-0.3, -0.25) is 19.6 Å². The molecule has 4 aliphatic rings. The topological polar surface area (TPSA) is 121 Å². The Bertz CT molecular complexity index is 2110. The summed E-state index contributed by atoms with van der Waals surface area (Å²) in [5, 5.41) is 0. The van der Waals surface area contributed by atoms with Gasteiger partial charge in [-0.05, 0) is 58.7 Å². The highest BCUT2D eigenvalue weighted by molar-refractivity contribution is 14.1. The lowest BCUT2D eigenvalue weighted by molar-refractivity contribution is 0.0809. The fraction of sp³-hybridized carbons (Fsp3) is 0.238. The van der Waals surface area contributed by atoms with E-state index in [-0.39, 0.29) is 23.9 Å². The predicted molar refractivity (Wildman–Crippen MR) is 217 cm³/mol. The van der Waals surface area contributed by atoms with E-state index in [1.54, 1.807) is 55.4 Å². The van der Waals surface area contributed by atoms with Crippen molar-refractivity contribution in [2.75, 3.05) is 34.5 Å². The van der Waals surface area contributed by atoms with Crippen LogP contribution in [0.4, 0.5) is 11.4 Å². The van der Waals surface area contributed by atoms with E-state index in [0.29, 0.717) is 78.0 Å². The van der Waals surface area contributed by atoms with Crippen LogP contribution in [-0.2, 0) is 0 Å². The van der Waals surface area contributed by atoms with Gasteiger partial charge in [-0.25, -0.2) is 0 Å². The van der Waals surface area contributed by atoms with Crippen LogP contribution >= 0.6 is 23.0 Å². The molecule has 13 heteroatoms. The Morgan fingerprint density at radius 2 is 1.07 bits per heavy atom. The number of carbonyl (C=O) groups is 2. The number of fused-ring (bicyclic) bond motifs is 4. The molecular weight excluding hydrogens is 815 g/mol. The summed E-state index contributed by atoms with van der Waals surface area (Å²) in [5.41, 5.74) is 6.05. The summed E-state index contributed by atoms with van der Waals surface area (Å²) in [5.74, 6) is 3.04.